The molecule has 0 aliphatic carbocycles. The third-order valence-electron chi connectivity index (χ3n) is 5.55. The molecule has 0 N–H and O–H groups in total. The second-order valence-corrected chi connectivity index (χ2v) is 8.68. The Hall–Kier alpha value is -1.26. The van der Waals surface area contributed by atoms with Gasteiger partial charge in [0.1, 0.15) is 12.4 Å². The molecular weight excluding hydrogens is 476 g/mol. The Balaban J connectivity index is 2.05. The first-order valence-electron chi connectivity index (χ1n) is 14.0. The molecular formula is C29H52O8. The van der Waals surface area contributed by atoms with Crippen molar-refractivity contribution < 1.29 is 37.9 Å². The summed E-state index contributed by atoms with van der Waals surface area (Å²) >= 11 is 0. The molecule has 0 aromatic heterocycles. The van der Waals surface area contributed by atoms with E-state index < -0.39 is 0 Å². The largest absolute Gasteiger partial charge is 0.491 e. The second kappa shape index (κ2) is 25.0. The van der Waals surface area contributed by atoms with Crippen molar-refractivity contribution in [2.24, 2.45) is 0 Å². The Labute approximate surface area is 225 Å². The monoisotopic (exact) mass is 528 g/mol. The fourth-order valence-corrected chi connectivity index (χ4v) is 3.24. The van der Waals surface area contributed by atoms with E-state index in [9.17, 15) is 0 Å². The van der Waals surface area contributed by atoms with Crippen LogP contribution in [0.15, 0.2) is 18.2 Å². The van der Waals surface area contributed by atoms with Crippen LogP contribution >= 0.6 is 0 Å². The minimum Gasteiger partial charge on any atom is -0.491 e. The average molecular weight is 529 g/mol. The van der Waals surface area contributed by atoms with Crippen LogP contribution in [0.3, 0.4) is 0 Å². The molecule has 0 heterocycles. The molecule has 0 amide bonds. The third-order valence-corrected chi connectivity index (χ3v) is 5.55. The van der Waals surface area contributed by atoms with E-state index in [-0.39, 0.29) is 0 Å². The van der Waals surface area contributed by atoms with Gasteiger partial charge in [0.25, 0.3) is 0 Å². The molecule has 1 aromatic rings. The SMILES string of the molecule is CCOCCOCCOCCOc1cc(CC)cc(COCCOCCOCCCCO[C@@H](C)CC)c1. The zero-order valence-electron chi connectivity index (χ0n) is 23.8. The molecule has 8 heteroatoms. The molecule has 0 spiro atoms. The molecule has 216 valence electrons. The Kier molecular flexibility index (Phi) is 22.9. The van der Waals surface area contributed by atoms with Gasteiger partial charge in [0.15, 0.2) is 0 Å². The van der Waals surface area contributed by atoms with E-state index in [1.54, 1.807) is 0 Å². The lowest BCUT2D eigenvalue weighted by molar-refractivity contribution is 0.00774. The number of aryl methyl sites for hydroxylation is 1. The van der Waals surface area contributed by atoms with Gasteiger partial charge in [-0.1, -0.05) is 19.9 Å². The molecule has 0 aliphatic heterocycles. The van der Waals surface area contributed by atoms with Crippen LogP contribution in [0.5, 0.6) is 5.75 Å². The van der Waals surface area contributed by atoms with Crippen LogP contribution < -0.4 is 4.74 Å². The third kappa shape index (κ3) is 20.4. The van der Waals surface area contributed by atoms with Gasteiger partial charge in [-0.3, -0.25) is 0 Å². The maximum absolute atomic E-state index is 5.89. The highest BCUT2D eigenvalue weighted by Gasteiger charge is 2.03. The maximum Gasteiger partial charge on any atom is 0.120 e. The van der Waals surface area contributed by atoms with Gasteiger partial charge < -0.3 is 37.9 Å². The summed E-state index contributed by atoms with van der Waals surface area (Å²) in [4.78, 5) is 0. The summed E-state index contributed by atoms with van der Waals surface area (Å²) in [6, 6.07) is 6.26. The van der Waals surface area contributed by atoms with E-state index in [0.29, 0.717) is 85.4 Å². The normalized spacial score (nSPS) is 12.2. The standard InChI is InChI=1S/C29H52O8/c1-5-26(4)36-11-9-8-10-31-14-15-33-18-19-35-25-28-22-27(6-2)23-29(24-28)37-21-20-34-17-16-32-13-12-30-7-3/h22-24,26H,5-21,25H2,1-4H3/t26-/m0/s1. The average Bonchev–Trinajstić information content (AvgIpc) is 2.92. The van der Waals surface area contributed by atoms with Gasteiger partial charge in [0.05, 0.1) is 72.2 Å². The van der Waals surface area contributed by atoms with Gasteiger partial charge in [0.2, 0.25) is 0 Å². The van der Waals surface area contributed by atoms with Gasteiger partial charge in [-0.05, 0) is 62.8 Å². The Morgan fingerprint density at radius 1 is 0.568 bits per heavy atom. The highest BCUT2D eigenvalue weighted by Crippen LogP contribution is 2.19. The van der Waals surface area contributed by atoms with Crippen LogP contribution in [0.25, 0.3) is 0 Å². The van der Waals surface area contributed by atoms with E-state index in [1.807, 2.05) is 13.0 Å². The molecule has 0 unspecified atom stereocenters. The van der Waals surface area contributed by atoms with E-state index in [2.05, 4.69) is 32.9 Å². The lowest BCUT2D eigenvalue weighted by atomic mass is 10.1. The van der Waals surface area contributed by atoms with Gasteiger partial charge in [-0.25, -0.2) is 0 Å². The predicted octanol–water partition coefficient (Wildman–Crippen LogP) is 4.84. The first-order valence-corrected chi connectivity index (χ1v) is 14.0. The number of hydrogen-bond donors (Lipinski definition) is 0. The number of benzene rings is 1. The van der Waals surface area contributed by atoms with Crippen LogP contribution in [0, 0.1) is 0 Å². The highest BCUT2D eigenvalue weighted by molar-refractivity contribution is 5.34. The van der Waals surface area contributed by atoms with Crippen molar-refractivity contribution in [2.75, 3.05) is 85.9 Å². The van der Waals surface area contributed by atoms with E-state index in [0.717, 1.165) is 50.2 Å². The van der Waals surface area contributed by atoms with Crippen LogP contribution in [-0.2, 0) is 46.2 Å². The zero-order chi connectivity index (χ0) is 26.8. The van der Waals surface area contributed by atoms with Crippen LogP contribution in [0.1, 0.15) is 58.1 Å². The summed E-state index contributed by atoms with van der Waals surface area (Å²) in [6.07, 6.45) is 4.39. The minimum atomic E-state index is 0.347. The lowest BCUT2D eigenvalue weighted by Gasteiger charge is -2.12. The summed E-state index contributed by atoms with van der Waals surface area (Å²) in [5, 5.41) is 0. The van der Waals surface area contributed by atoms with Crippen LogP contribution in [0.4, 0.5) is 0 Å². The molecule has 1 rings (SSSR count). The fourth-order valence-electron chi connectivity index (χ4n) is 3.24. The van der Waals surface area contributed by atoms with Crippen molar-refractivity contribution in [3.05, 3.63) is 29.3 Å². The Morgan fingerprint density at radius 2 is 1.11 bits per heavy atom. The molecule has 1 atom stereocenters. The smallest absolute Gasteiger partial charge is 0.120 e. The highest BCUT2D eigenvalue weighted by atomic mass is 16.6. The quantitative estimate of drug-likeness (QED) is 0.150. The van der Waals surface area contributed by atoms with Crippen molar-refractivity contribution in [3.8, 4) is 5.75 Å². The number of rotatable bonds is 27. The fraction of sp³-hybridized carbons (Fsp3) is 0.793. The van der Waals surface area contributed by atoms with Gasteiger partial charge >= 0.3 is 0 Å². The molecule has 0 fully saturated rings. The first kappa shape index (κ1) is 33.8. The molecule has 0 saturated heterocycles. The molecule has 1 aromatic carbocycles. The summed E-state index contributed by atoms with van der Waals surface area (Å²) in [6.45, 7) is 16.8. The second-order valence-electron chi connectivity index (χ2n) is 8.68. The zero-order valence-corrected chi connectivity index (χ0v) is 23.8. The van der Waals surface area contributed by atoms with Crippen LogP contribution in [-0.4, -0.2) is 92.0 Å². The molecule has 0 bridgehead atoms. The summed E-state index contributed by atoms with van der Waals surface area (Å²) in [5.41, 5.74) is 2.32. The Morgan fingerprint density at radius 3 is 1.73 bits per heavy atom. The molecule has 37 heavy (non-hydrogen) atoms. The van der Waals surface area contributed by atoms with Gasteiger partial charge in [-0.2, -0.15) is 0 Å². The van der Waals surface area contributed by atoms with Crippen molar-refractivity contribution in [1.29, 1.82) is 0 Å². The van der Waals surface area contributed by atoms with Crippen molar-refractivity contribution in [3.63, 3.8) is 0 Å². The molecule has 0 saturated carbocycles. The number of hydrogen-bond acceptors (Lipinski definition) is 8. The van der Waals surface area contributed by atoms with Crippen molar-refractivity contribution in [1.82, 2.24) is 0 Å². The van der Waals surface area contributed by atoms with Gasteiger partial charge in [0, 0.05) is 19.8 Å². The number of ether oxygens (including phenoxy) is 8. The van der Waals surface area contributed by atoms with E-state index in [1.165, 1.54) is 5.56 Å². The van der Waals surface area contributed by atoms with Crippen LogP contribution in [0.2, 0.25) is 0 Å². The molecule has 0 radical (unpaired) electrons. The molecule has 0 aliphatic rings. The summed E-state index contributed by atoms with van der Waals surface area (Å²) in [7, 11) is 0. The van der Waals surface area contributed by atoms with Crippen molar-refractivity contribution in [2.45, 2.75) is 66.1 Å². The van der Waals surface area contributed by atoms with Crippen molar-refractivity contribution >= 4 is 0 Å². The minimum absolute atomic E-state index is 0.347. The number of unbranched alkanes of at least 4 members (excludes halogenated alkanes) is 1. The topological polar surface area (TPSA) is 73.8 Å². The Bertz CT molecular complexity index is 628. The van der Waals surface area contributed by atoms with Gasteiger partial charge in [-0.15, -0.1) is 0 Å². The predicted molar refractivity (Wildman–Crippen MR) is 146 cm³/mol. The van der Waals surface area contributed by atoms with E-state index >= 15 is 0 Å². The summed E-state index contributed by atoms with van der Waals surface area (Å²) in [5.74, 6) is 0.842. The maximum atomic E-state index is 5.89. The first-order chi connectivity index (χ1) is 18.2. The van der Waals surface area contributed by atoms with E-state index in [4.69, 9.17) is 37.9 Å². The lowest BCUT2D eigenvalue weighted by Crippen LogP contribution is -2.13. The molecule has 8 nitrogen and oxygen atoms in total. The summed E-state index contributed by atoms with van der Waals surface area (Å²) < 4.78 is 44.8.